The van der Waals surface area contributed by atoms with E-state index in [9.17, 15) is 4.79 Å². The molecule has 1 aromatic carbocycles. The lowest BCUT2D eigenvalue weighted by Gasteiger charge is -2.13. The van der Waals surface area contributed by atoms with Crippen molar-refractivity contribution in [2.45, 2.75) is 37.8 Å². The summed E-state index contributed by atoms with van der Waals surface area (Å²) in [5.41, 5.74) is 0. The molecule has 1 atom stereocenters. The van der Waals surface area contributed by atoms with Crippen LogP contribution in [0.25, 0.3) is 0 Å². The molecule has 1 heterocycles. The largest absolute Gasteiger partial charge is 0.486 e. The number of nitrogens with one attached hydrogen (secondary N) is 1. The zero-order valence-electron chi connectivity index (χ0n) is 14.8. The number of thioether (sulfide) groups is 1. The molecular formula is C17H23ClN4O2S. The van der Waals surface area contributed by atoms with Gasteiger partial charge >= 0.3 is 0 Å². The topological polar surface area (TPSA) is 69.0 Å². The normalized spacial score (nSPS) is 12.2. The van der Waals surface area contributed by atoms with Crippen LogP contribution in [0.2, 0.25) is 5.02 Å². The van der Waals surface area contributed by atoms with E-state index in [1.54, 1.807) is 24.3 Å². The van der Waals surface area contributed by atoms with E-state index in [-0.39, 0.29) is 11.2 Å². The predicted molar refractivity (Wildman–Crippen MR) is 100.0 cm³/mol. The maximum Gasteiger partial charge on any atom is 0.233 e. The number of hydrogen-bond donors (Lipinski definition) is 1. The molecule has 1 unspecified atom stereocenters. The van der Waals surface area contributed by atoms with Crippen LogP contribution in [-0.4, -0.2) is 32.5 Å². The zero-order chi connectivity index (χ0) is 18.4. The highest BCUT2D eigenvalue weighted by atomic mass is 35.5. The summed E-state index contributed by atoms with van der Waals surface area (Å²) in [5, 5.41) is 12.3. The summed E-state index contributed by atoms with van der Waals surface area (Å²) in [6.45, 7) is 6.95. The van der Waals surface area contributed by atoms with E-state index in [2.05, 4.69) is 29.4 Å². The quantitative estimate of drug-likeness (QED) is 0.709. The highest BCUT2D eigenvalue weighted by Crippen LogP contribution is 2.22. The van der Waals surface area contributed by atoms with Gasteiger partial charge in [0.1, 0.15) is 12.4 Å². The number of ether oxygens (including phenoxy) is 1. The van der Waals surface area contributed by atoms with Crippen LogP contribution in [0.5, 0.6) is 5.75 Å². The van der Waals surface area contributed by atoms with E-state index in [0.717, 1.165) is 0 Å². The third kappa shape index (κ3) is 5.93. The van der Waals surface area contributed by atoms with E-state index in [0.29, 0.717) is 40.8 Å². The third-order valence-corrected chi connectivity index (χ3v) is 4.83. The Morgan fingerprint density at radius 3 is 2.60 bits per heavy atom. The second kappa shape index (κ2) is 9.10. The third-order valence-electron chi connectivity index (χ3n) is 3.44. The van der Waals surface area contributed by atoms with Crippen LogP contribution in [0.4, 0.5) is 0 Å². The summed E-state index contributed by atoms with van der Waals surface area (Å²) >= 11 is 7.23. The number of carbonyl (C=O) groups is 1. The molecule has 25 heavy (non-hydrogen) atoms. The van der Waals surface area contributed by atoms with Crippen LogP contribution in [0.1, 0.15) is 26.6 Å². The van der Waals surface area contributed by atoms with Gasteiger partial charge in [0, 0.05) is 18.6 Å². The first-order valence-electron chi connectivity index (χ1n) is 8.07. The second-order valence-electron chi connectivity index (χ2n) is 6.10. The first kappa shape index (κ1) is 19.6. The maximum absolute atomic E-state index is 12.1. The predicted octanol–water partition coefficient (Wildman–Crippen LogP) is 3.30. The second-order valence-corrected chi connectivity index (χ2v) is 7.84. The lowest BCUT2D eigenvalue weighted by atomic mass is 10.2. The Bertz CT molecular complexity index is 703. The highest BCUT2D eigenvalue weighted by Gasteiger charge is 2.19. The van der Waals surface area contributed by atoms with Crippen molar-refractivity contribution in [3.05, 3.63) is 35.1 Å². The lowest BCUT2D eigenvalue weighted by Crippen LogP contribution is -2.33. The minimum atomic E-state index is -0.244. The SMILES string of the molecule is CC(C)CNC(=O)C(C)Sc1nnc(COc2ccc(Cl)cc2)n1C. The molecule has 0 aliphatic rings. The molecule has 0 aliphatic heterocycles. The molecule has 2 aromatic rings. The number of nitrogens with zero attached hydrogens (tertiary/aromatic N) is 3. The van der Waals surface area contributed by atoms with Gasteiger partial charge in [-0.2, -0.15) is 0 Å². The fraction of sp³-hybridized carbons (Fsp3) is 0.471. The number of rotatable bonds is 8. The molecule has 0 saturated heterocycles. The van der Waals surface area contributed by atoms with Crippen molar-refractivity contribution in [3.63, 3.8) is 0 Å². The summed E-state index contributed by atoms with van der Waals surface area (Å²) in [6.07, 6.45) is 0. The van der Waals surface area contributed by atoms with Gasteiger partial charge in [-0.25, -0.2) is 0 Å². The Morgan fingerprint density at radius 2 is 1.96 bits per heavy atom. The van der Waals surface area contributed by atoms with E-state index in [4.69, 9.17) is 16.3 Å². The number of aromatic nitrogens is 3. The number of benzene rings is 1. The minimum absolute atomic E-state index is 0.000615. The smallest absolute Gasteiger partial charge is 0.233 e. The summed E-state index contributed by atoms with van der Waals surface area (Å²) in [6, 6.07) is 7.14. The molecular weight excluding hydrogens is 360 g/mol. The average Bonchev–Trinajstić information content (AvgIpc) is 2.92. The minimum Gasteiger partial charge on any atom is -0.486 e. The summed E-state index contributed by atoms with van der Waals surface area (Å²) in [7, 11) is 1.86. The highest BCUT2D eigenvalue weighted by molar-refractivity contribution is 8.00. The number of carbonyl (C=O) groups excluding carboxylic acids is 1. The van der Waals surface area contributed by atoms with Gasteiger partial charge in [0.25, 0.3) is 0 Å². The number of amides is 1. The Balaban J connectivity index is 1.91. The van der Waals surface area contributed by atoms with Gasteiger partial charge in [0.2, 0.25) is 5.91 Å². The number of hydrogen-bond acceptors (Lipinski definition) is 5. The van der Waals surface area contributed by atoms with Crippen LogP contribution in [0, 0.1) is 5.92 Å². The van der Waals surface area contributed by atoms with E-state index >= 15 is 0 Å². The fourth-order valence-corrected chi connectivity index (χ4v) is 2.90. The van der Waals surface area contributed by atoms with Gasteiger partial charge in [0.15, 0.2) is 11.0 Å². The molecule has 1 amide bonds. The van der Waals surface area contributed by atoms with Crippen molar-refractivity contribution in [1.29, 1.82) is 0 Å². The van der Waals surface area contributed by atoms with Crippen LogP contribution < -0.4 is 10.1 Å². The fourth-order valence-electron chi connectivity index (χ4n) is 1.91. The summed E-state index contributed by atoms with van der Waals surface area (Å²) < 4.78 is 7.53. The molecule has 8 heteroatoms. The molecule has 0 aliphatic carbocycles. The molecule has 2 rings (SSSR count). The summed E-state index contributed by atoms with van der Waals surface area (Å²) in [5.74, 6) is 1.82. The van der Waals surface area contributed by atoms with Crippen LogP contribution in [0.15, 0.2) is 29.4 Å². The molecule has 0 spiro atoms. The van der Waals surface area contributed by atoms with Crippen molar-refractivity contribution >= 4 is 29.3 Å². The van der Waals surface area contributed by atoms with Crippen molar-refractivity contribution in [3.8, 4) is 5.75 Å². The number of halogens is 1. The van der Waals surface area contributed by atoms with Crippen molar-refractivity contribution in [2.24, 2.45) is 13.0 Å². The van der Waals surface area contributed by atoms with Crippen molar-refractivity contribution in [2.75, 3.05) is 6.54 Å². The Kier molecular flexibility index (Phi) is 7.13. The van der Waals surface area contributed by atoms with Crippen molar-refractivity contribution in [1.82, 2.24) is 20.1 Å². The van der Waals surface area contributed by atoms with Gasteiger partial charge < -0.3 is 14.6 Å². The van der Waals surface area contributed by atoms with E-state index in [1.807, 2.05) is 18.5 Å². The standard InChI is InChI=1S/C17H23ClN4O2S/c1-11(2)9-19-16(23)12(3)25-17-21-20-15(22(17)4)10-24-14-7-5-13(18)6-8-14/h5-8,11-12H,9-10H2,1-4H3,(H,19,23). The van der Waals surface area contributed by atoms with Gasteiger partial charge in [-0.05, 0) is 37.1 Å². The first-order chi connectivity index (χ1) is 11.9. The molecule has 6 nitrogen and oxygen atoms in total. The zero-order valence-corrected chi connectivity index (χ0v) is 16.4. The van der Waals surface area contributed by atoms with Crippen LogP contribution in [0.3, 0.4) is 0 Å². The summed E-state index contributed by atoms with van der Waals surface area (Å²) in [4.78, 5) is 12.1. The van der Waals surface area contributed by atoms with Crippen molar-refractivity contribution < 1.29 is 9.53 Å². The molecule has 0 saturated carbocycles. The lowest BCUT2D eigenvalue weighted by molar-refractivity contribution is -0.120. The van der Waals surface area contributed by atoms with E-state index < -0.39 is 0 Å². The average molecular weight is 383 g/mol. The van der Waals surface area contributed by atoms with E-state index in [1.165, 1.54) is 11.8 Å². The van der Waals surface area contributed by atoms with Gasteiger partial charge in [-0.15, -0.1) is 10.2 Å². The molecule has 1 aromatic heterocycles. The molecule has 0 radical (unpaired) electrons. The van der Waals surface area contributed by atoms with Crippen LogP contribution >= 0.6 is 23.4 Å². The van der Waals surface area contributed by atoms with Gasteiger partial charge in [0.05, 0.1) is 5.25 Å². The van der Waals surface area contributed by atoms with Gasteiger partial charge in [-0.3, -0.25) is 4.79 Å². The monoisotopic (exact) mass is 382 g/mol. The molecule has 1 N–H and O–H groups in total. The molecule has 0 fully saturated rings. The first-order valence-corrected chi connectivity index (χ1v) is 9.33. The van der Waals surface area contributed by atoms with Crippen LogP contribution in [-0.2, 0) is 18.4 Å². The molecule has 0 bridgehead atoms. The molecule has 136 valence electrons. The Labute approximate surface area is 157 Å². The Hall–Kier alpha value is -1.73. The van der Waals surface area contributed by atoms with Gasteiger partial charge in [-0.1, -0.05) is 37.2 Å². The maximum atomic E-state index is 12.1. The Morgan fingerprint density at radius 1 is 1.28 bits per heavy atom.